The molecule has 2 N–H and O–H groups in total. The molecule has 0 unspecified atom stereocenters. The van der Waals surface area contributed by atoms with E-state index in [1.54, 1.807) is 0 Å². The van der Waals surface area contributed by atoms with E-state index in [1.165, 1.54) is 7.11 Å². The number of hydrogen-bond donors (Lipinski definition) is 1. The molecule has 1 fully saturated rings. The maximum atomic E-state index is 11.4. The Labute approximate surface area is 104 Å². The Morgan fingerprint density at radius 3 is 2.44 bits per heavy atom. The van der Waals surface area contributed by atoms with Gasteiger partial charge in [0.05, 0.1) is 7.11 Å². The molecule has 1 saturated carbocycles. The van der Waals surface area contributed by atoms with Crippen LogP contribution in [-0.2, 0) is 9.53 Å². The molecule has 0 bridgehead atoms. The number of nitrogens with two attached hydrogens (primary N) is 1. The van der Waals surface area contributed by atoms with Crippen LogP contribution in [0.3, 0.4) is 0 Å². The van der Waals surface area contributed by atoms with Crippen molar-refractivity contribution in [2.75, 3.05) is 7.11 Å². The van der Waals surface area contributed by atoms with Gasteiger partial charge in [0.1, 0.15) is 10.2 Å². The molecule has 88 valence electrons. The lowest BCUT2D eigenvalue weighted by atomic mass is 10.3. The van der Waals surface area contributed by atoms with Crippen LogP contribution in [0.4, 0.5) is 0 Å². The molecule has 6 heteroatoms. The lowest BCUT2D eigenvalue weighted by Gasteiger charge is -2.05. The summed E-state index contributed by atoms with van der Waals surface area (Å²) in [5.74, 6) is -0.365. The van der Waals surface area contributed by atoms with Crippen molar-refractivity contribution in [2.24, 2.45) is 16.6 Å². The fourth-order valence-electron chi connectivity index (χ4n) is 1.05. The molecule has 0 atom stereocenters. The Morgan fingerprint density at radius 1 is 1.50 bits per heavy atom. The summed E-state index contributed by atoms with van der Waals surface area (Å²) in [6.07, 6.45) is 2.04. The minimum absolute atomic E-state index is 0.103. The summed E-state index contributed by atoms with van der Waals surface area (Å²) in [7, 11) is 1.23. The normalized spacial score (nSPS) is 17.8. The first kappa shape index (κ1) is 13.1. The summed E-state index contributed by atoms with van der Waals surface area (Å²) in [6.45, 7) is 3.75. The number of nitrogens with zero attached hydrogens (tertiary/aromatic N) is 1. The standard InChI is InChI=1S/C10H12Cl2N2O2/c1-5(6-3-4-6)14-8(10(15)16-2)7(11)9(12)13/h6H,1,3-4,13H2,2H3/b9-7+,14-8+. The molecule has 0 aliphatic heterocycles. The van der Waals surface area contributed by atoms with E-state index in [9.17, 15) is 4.79 Å². The fourth-order valence-corrected chi connectivity index (χ4v) is 1.25. The zero-order valence-corrected chi connectivity index (χ0v) is 10.3. The molecule has 0 aromatic carbocycles. The Balaban J connectivity index is 2.99. The number of hydrogen-bond acceptors (Lipinski definition) is 4. The molecule has 16 heavy (non-hydrogen) atoms. The Hall–Kier alpha value is -1.000. The molecule has 1 rings (SSSR count). The van der Waals surface area contributed by atoms with Crippen LogP contribution in [0.5, 0.6) is 0 Å². The smallest absolute Gasteiger partial charge is 0.358 e. The van der Waals surface area contributed by atoms with E-state index in [0.29, 0.717) is 11.6 Å². The first-order valence-electron chi connectivity index (χ1n) is 4.64. The van der Waals surface area contributed by atoms with Gasteiger partial charge in [-0.2, -0.15) is 0 Å². The number of esters is 1. The molecule has 0 heterocycles. The van der Waals surface area contributed by atoms with Crippen LogP contribution in [0.15, 0.2) is 27.5 Å². The number of aliphatic imine (C=N–C) groups is 1. The van der Waals surface area contributed by atoms with Crippen molar-refractivity contribution in [3.8, 4) is 0 Å². The summed E-state index contributed by atoms with van der Waals surface area (Å²) < 4.78 is 4.54. The summed E-state index contributed by atoms with van der Waals surface area (Å²) in [5, 5.41) is -0.315. The molecule has 0 spiro atoms. The lowest BCUT2D eigenvalue weighted by molar-refractivity contribution is -0.132. The van der Waals surface area contributed by atoms with E-state index < -0.39 is 5.97 Å². The lowest BCUT2D eigenvalue weighted by Crippen LogP contribution is -2.18. The number of methoxy groups -OCH3 is 1. The van der Waals surface area contributed by atoms with E-state index >= 15 is 0 Å². The van der Waals surface area contributed by atoms with Gasteiger partial charge in [0.15, 0.2) is 5.71 Å². The minimum atomic E-state index is -0.685. The van der Waals surface area contributed by atoms with Gasteiger partial charge in [-0.05, 0) is 12.8 Å². The van der Waals surface area contributed by atoms with Gasteiger partial charge >= 0.3 is 5.97 Å². The van der Waals surface area contributed by atoms with Crippen LogP contribution in [-0.4, -0.2) is 18.8 Å². The highest BCUT2D eigenvalue weighted by Gasteiger charge is 2.27. The van der Waals surface area contributed by atoms with Crippen molar-refractivity contribution >= 4 is 34.9 Å². The Bertz CT molecular complexity index is 380. The number of halogens is 2. The molecule has 0 aromatic heterocycles. The van der Waals surface area contributed by atoms with E-state index in [1.807, 2.05) is 0 Å². The highest BCUT2D eigenvalue weighted by atomic mass is 35.5. The molecular weight excluding hydrogens is 251 g/mol. The second kappa shape index (κ2) is 5.37. The molecule has 1 aliphatic rings. The monoisotopic (exact) mass is 262 g/mol. The van der Waals surface area contributed by atoms with Crippen molar-refractivity contribution in [1.82, 2.24) is 0 Å². The third-order valence-corrected chi connectivity index (χ3v) is 2.77. The summed E-state index contributed by atoms with van der Waals surface area (Å²) in [5.41, 5.74) is 5.78. The predicted octanol–water partition coefficient (Wildman–Crippen LogP) is 2.13. The predicted molar refractivity (Wildman–Crippen MR) is 64.2 cm³/mol. The van der Waals surface area contributed by atoms with Crippen LogP contribution < -0.4 is 5.73 Å². The Morgan fingerprint density at radius 2 is 2.06 bits per heavy atom. The number of carbonyl (C=O) groups excluding carboxylic acids is 1. The largest absolute Gasteiger partial charge is 0.464 e. The van der Waals surface area contributed by atoms with E-state index in [0.717, 1.165) is 12.8 Å². The van der Waals surface area contributed by atoms with Gasteiger partial charge in [0.2, 0.25) is 0 Å². The Kier molecular flexibility index (Phi) is 4.38. The molecule has 0 amide bonds. The minimum Gasteiger partial charge on any atom is -0.464 e. The van der Waals surface area contributed by atoms with Gasteiger partial charge in [-0.25, -0.2) is 9.79 Å². The topological polar surface area (TPSA) is 64.7 Å². The zero-order chi connectivity index (χ0) is 12.3. The maximum absolute atomic E-state index is 11.4. The van der Waals surface area contributed by atoms with Crippen LogP contribution >= 0.6 is 23.2 Å². The second-order valence-corrected chi connectivity index (χ2v) is 4.16. The van der Waals surface area contributed by atoms with Crippen molar-refractivity contribution in [1.29, 1.82) is 0 Å². The SMILES string of the molecule is C=C(/N=C(C(=O)OC)\C(Cl)=C(/N)Cl)C1CC1. The number of ether oxygens (including phenoxy) is 1. The van der Waals surface area contributed by atoms with E-state index in [2.05, 4.69) is 16.3 Å². The first-order chi connectivity index (χ1) is 7.47. The number of rotatable bonds is 4. The van der Waals surface area contributed by atoms with Crippen LogP contribution in [0.25, 0.3) is 0 Å². The molecule has 4 nitrogen and oxygen atoms in total. The molecule has 0 saturated heterocycles. The molecular formula is C10H12Cl2N2O2. The van der Waals surface area contributed by atoms with Crippen molar-refractivity contribution < 1.29 is 9.53 Å². The highest BCUT2D eigenvalue weighted by Crippen LogP contribution is 2.36. The van der Waals surface area contributed by atoms with Gasteiger partial charge in [0.25, 0.3) is 0 Å². The molecule has 1 aliphatic carbocycles. The zero-order valence-electron chi connectivity index (χ0n) is 8.80. The summed E-state index contributed by atoms with van der Waals surface area (Å²) >= 11 is 11.3. The first-order valence-corrected chi connectivity index (χ1v) is 5.40. The molecule has 0 radical (unpaired) electrons. The highest BCUT2D eigenvalue weighted by molar-refractivity contribution is 6.60. The molecule has 0 aromatic rings. The maximum Gasteiger partial charge on any atom is 0.358 e. The van der Waals surface area contributed by atoms with Crippen LogP contribution in [0.2, 0.25) is 0 Å². The summed E-state index contributed by atoms with van der Waals surface area (Å²) in [6, 6.07) is 0. The van der Waals surface area contributed by atoms with E-state index in [-0.39, 0.29) is 15.9 Å². The summed E-state index contributed by atoms with van der Waals surface area (Å²) in [4.78, 5) is 15.4. The average molecular weight is 263 g/mol. The van der Waals surface area contributed by atoms with Gasteiger partial charge in [0, 0.05) is 11.6 Å². The van der Waals surface area contributed by atoms with Crippen molar-refractivity contribution in [3.05, 3.63) is 22.5 Å². The number of carbonyl (C=O) groups is 1. The fraction of sp³-hybridized carbons (Fsp3) is 0.400. The third kappa shape index (κ3) is 3.25. The van der Waals surface area contributed by atoms with Gasteiger partial charge in [-0.3, -0.25) is 0 Å². The van der Waals surface area contributed by atoms with Crippen LogP contribution in [0, 0.1) is 5.92 Å². The quantitative estimate of drug-likeness (QED) is 0.480. The average Bonchev–Trinajstić information content (AvgIpc) is 3.06. The van der Waals surface area contributed by atoms with E-state index in [4.69, 9.17) is 28.9 Å². The van der Waals surface area contributed by atoms with Gasteiger partial charge in [-0.1, -0.05) is 29.8 Å². The van der Waals surface area contributed by atoms with Crippen molar-refractivity contribution in [3.63, 3.8) is 0 Å². The van der Waals surface area contributed by atoms with Gasteiger partial charge < -0.3 is 10.5 Å². The second-order valence-electron chi connectivity index (χ2n) is 3.38. The third-order valence-electron chi connectivity index (χ3n) is 2.10. The van der Waals surface area contributed by atoms with Gasteiger partial charge in [-0.15, -0.1) is 0 Å². The van der Waals surface area contributed by atoms with Crippen molar-refractivity contribution in [2.45, 2.75) is 12.8 Å². The number of allylic oxidation sites excluding steroid dienone is 1. The van der Waals surface area contributed by atoms with Crippen LogP contribution in [0.1, 0.15) is 12.8 Å².